The van der Waals surface area contributed by atoms with Crippen molar-refractivity contribution in [2.24, 2.45) is 0 Å². The molecule has 0 spiro atoms. The Morgan fingerprint density at radius 1 is 0.714 bits per heavy atom. The molecule has 0 aromatic carbocycles. The molecule has 0 saturated carbocycles. The second-order valence-corrected chi connectivity index (χ2v) is 8.61. The first-order valence-electron chi connectivity index (χ1n) is 10.6. The number of unbranched alkanes of at least 4 members (excludes halogenated alkanes) is 4. The highest BCUT2D eigenvalue weighted by Gasteiger charge is 2.48. The van der Waals surface area contributed by atoms with Crippen LogP contribution in [0.4, 0.5) is 13.2 Å². The molecule has 168 valence electrons. The van der Waals surface area contributed by atoms with Crippen LogP contribution in [0.1, 0.15) is 79.1 Å². The van der Waals surface area contributed by atoms with Gasteiger partial charge in [-0.3, -0.25) is 0 Å². The highest BCUT2D eigenvalue weighted by molar-refractivity contribution is 7.88. The van der Waals surface area contributed by atoms with E-state index in [4.69, 9.17) is 4.65 Å². The summed E-state index contributed by atoms with van der Waals surface area (Å²) < 4.78 is 67.7. The van der Waals surface area contributed by atoms with Crippen molar-refractivity contribution >= 4 is 23.9 Å². The molecule has 0 aromatic heterocycles. The van der Waals surface area contributed by atoms with Gasteiger partial charge >= 0.3 is 22.5 Å². The third-order valence-electron chi connectivity index (χ3n) is 4.40. The van der Waals surface area contributed by atoms with Crippen LogP contribution in [0.2, 0.25) is 25.3 Å². The molecule has 0 heterocycles. The Labute approximate surface area is 171 Å². The molecule has 0 aliphatic rings. The first-order chi connectivity index (χ1) is 13.1. The van der Waals surface area contributed by atoms with Gasteiger partial charge in [0.25, 0.3) is 6.92 Å². The van der Waals surface area contributed by atoms with E-state index in [1.807, 2.05) is 21.0 Å². The van der Waals surface area contributed by atoms with Gasteiger partial charge in [0.15, 0.2) is 0 Å². The Morgan fingerprint density at radius 3 is 1.29 bits per heavy atom. The zero-order chi connectivity index (χ0) is 22.1. The van der Waals surface area contributed by atoms with E-state index in [1.165, 1.54) is 38.3 Å². The minimum atomic E-state index is -5.46. The summed E-state index contributed by atoms with van der Waals surface area (Å²) in [5, 5.41) is 0. The van der Waals surface area contributed by atoms with Crippen LogP contribution >= 0.6 is 0 Å². The lowest BCUT2D eigenvalue weighted by Gasteiger charge is -2.15. The molecule has 0 aromatic rings. The molecule has 0 saturated heterocycles. The zero-order valence-corrected chi connectivity index (χ0v) is 19.1. The summed E-state index contributed by atoms with van der Waals surface area (Å²) in [5.74, 6) is 0. The van der Waals surface area contributed by atoms with Gasteiger partial charge in [0.1, 0.15) is 0 Å². The van der Waals surface area contributed by atoms with Crippen LogP contribution in [0.15, 0.2) is 0 Å². The summed E-state index contributed by atoms with van der Waals surface area (Å²) in [6, 6.07) is 0. The molecule has 10 heteroatoms. The molecule has 0 radical (unpaired) electrons. The average Bonchev–Trinajstić information content (AvgIpc) is 2.63. The molecule has 0 atom stereocenters. The quantitative estimate of drug-likeness (QED) is 0.215. The van der Waals surface area contributed by atoms with E-state index in [0.717, 1.165) is 12.8 Å². The molecule has 0 fully saturated rings. The van der Waals surface area contributed by atoms with Crippen molar-refractivity contribution in [3.63, 3.8) is 0 Å². The van der Waals surface area contributed by atoms with E-state index in [0.29, 0.717) is 32.4 Å². The Bertz CT molecular complexity index is 433. The van der Waals surface area contributed by atoms with E-state index >= 15 is 0 Å². The number of hydrogen-bond acceptors (Lipinski definition) is 4. The maximum Gasteiger partial charge on any atom is 0.521 e. The summed E-state index contributed by atoms with van der Waals surface area (Å²) >= 11 is 0. The number of hydrogen-bond donors (Lipinski definition) is 0. The lowest BCUT2D eigenvalue weighted by molar-refractivity contribution is -0.0501. The standard InChI is InChI=1S/C9H18BF3O3S.C9H21BO/c1-3-5-7-10(8-6-4-2)16-17(14,15)9(11,12)13;1-4-6-8-10(11-3)9-7-5-2/h3-8H2,1-2H3;4-9H2,1-3H3. The van der Waals surface area contributed by atoms with Gasteiger partial charge in [0, 0.05) is 7.11 Å². The predicted octanol–water partition coefficient (Wildman–Crippen LogP) is 6.67. The van der Waals surface area contributed by atoms with Gasteiger partial charge in [0.05, 0.1) is 0 Å². The van der Waals surface area contributed by atoms with E-state index in [2.05, 4.69) is 17.9 Å². The lowest BCUT2D eigenvalue weighted by Crippen LogP contribution is -2.32. The van der Waals surface area contributed by atoms with Crippen LogP contribution in [0, 0.1) is 0 Å². The third kappa shape index (κ3) is 15.7. The summed E-state index contributed by atoms with van der Waals surface area (Å²) in [5.41, 5.74) is -5.33. The molecule has 0 rings (SSSR count). The largest absolute Gasteiger partial charge is 0.521 e. The summed E-state index contributed by atoms with van der Waals surface area (Å²) in [6.45, 7) is 7.89. The van der Waals surface area contributed by atoms with Crippen LogP contribution in [0.3, 0.4) is 0 Å². The second kappa shape index (κ2) is 17.6. The van der Waals surface area contributed by atoms with E-state index in [-0.39, 0.29) is 0 Å². The second-order valence-electron chi connectivity index (χ2n) is 7.04. The minimum absolute atomic E-state index is 0.339. The summed E-state index contributed by atoms with van der Waals surface area (Å²) in [4.78, 5) is 0. The van der Waals surface area contributed by atoms with E-state index < -0.39 is 22.5 Å². The van der Waals surface area contributed by atoms with Crippen molar-refractivity contribution in [3.8, 4) is 0 Å². The van der Waals surface area contributed by atoms with Crippen LogP contribution in [0.5, 0.6) is 0 Å². The minimum Gasteiger partial charge on any atom is -0.439 e. The SMILES string of the molecule is CCCCB(CCCC)OC.CCCCB(CCCC)OS(=O)(=O)C(F)(F)F. The molecular formula is C18H39B2F3O4S. The Morgan fingerprint density at radius 2 is 1.04 bits per heavy atom. The molecule has 0 bridgehead atoms. The van der Waals surface area contributed by atoms with Gasteiger partial charge in [-0.05, 0) is 25.3 Å². The maximum absolute atomic E-state index is 12.1. The fourth-order valence-corrected chi connectivity index (χ4v) is 3.24. The Kier molecular flexibility index (Phi) is 18.9. The zero-order valence-electron chi connectivity index (χ0n) is 18.3. The lowest BCUT2D eigenvalue weighted by atomic mass is 9.59. The van der Waals surface area contributed by atoms with E-state index in [1.54, 1.807) is 0 Å². The monoisotopic (exact) mass is 430 g/mol. The summed E-state index contributed by atoms with van der Waals surface area (Å²) in [6.07, 6.45) is 11.2. The van der Waals surface area contributed by atoms with Crippen LogP contribution < -0.4 is 0 Å². The van der Waals surface area contributed by atoms with Crippen molar-refractivity contribution < 1.29 is 30.3 Å². The summed E-state index contributed by atoms with van der Waals surface area (Å²) in [7, 11) is -3.63. The fourth-order valence-electron chi connectivity index (χ4n) is 2.58. The Balaban J connectivity index is 0. The highest BCUT2D eigenvalue weighted by atomic mass is 32.2. The normalized spacial score (nSPS) is 11.7. The van der Waals surface area contributed by atoms with Crippen LogP contribution in [-0.4, -0.2) is 34.9 Å². The van der Waals surface area contributed by atoms with Gasteiger partial charge in [-0.25, -0.2) is 0 Å². The molecule has 0 aliphatic heterocycles. The predicted molar refractivity (Wildman–Crippen MR) is 113 cm³/mol. The number of rotatable bonds is 15. The van der Waals surface area contributed by atoms with Crippen molar-refractivity contribution in [1.29, 1.82) is 0 Å². The first-order valence-corrected chi connectivity index (χ1v) is 12.0. The molecule has 28 heavy (non-hydrogen) atoms. The van der Waals surface area contributed by atoms with Gasteiger partial charge in [-0.1, -0.05) is 79.1 Å². The highest BCUT2D eigenvalue weighted by Crippen LogP contribution is 2.27. The molecule has 0 N–H and O–H groups in total. The van der Waals surface area contributed by atoms with Crippen molar-refractivity contribution in [2.45, 2.75) is 110 Å². The smallest absolute Gasteiger partial charge is 0.439 e. The van der Waals surface area contributed by atoms with Crippen molar-refractivity contribution in [3.05, 3.63) is 0 Å². The topological polar surface area (TPSA) is 52.6 Å². The van der Waals surface area contributed by atoms with E-state index in [9.17, 15) is 21.6 Å². The Hall–Kier alpha value is -0.210. The van der Waals surface area contributed by atoms with Crippen LogP contribution in [0.25, 0.3) is 0 Å². The third-order valence-corrected chi connectivity index (χ3v) is 5.49. The average molecular weight is 430 g/mol. The van der Waals surface area contributed by atoms with Gasteiger partial charge in [-0.2, -0.15) is 21.6 Å². The molecular weight excluding hydrogens is 391 g/mol. The molecule has 4 nitrogen and oxygen atoms in total. The van der Waals surface area contributed by atoms with Crippen molar-refractivity contribution in [1.82, 2.24) is 0 Å². The fraction of sp³-hybridized carbons (Fsp3) is 1.00. The van der Waals surface area contributed by atoms with Gasteiger partial charge < -0.3 is 8.75 Å². The number of alkyl halides is 3. The van der Waals surface area contributed by atoms with Gasteiger partial charge in [0.2, 0.25) is 0 Å². The molecule has 0 amide bonds. The van der Waals surface area contributed by atoms with Crippen molar-refractivity contribution in [2.75, 3.05) is 7.11 Å². The van der Waals surface area contributed by atoms with Crippen LogP contribution in [-0.2, 0) is 18.9 Å². The first kappa shape index (κ1) is 30.0. The number of halogens is 3. The van der Waals surface area contributed by atoms with Gasteiger partial charge in [-0.15, -0.1) is 0 Å². The maximum atomic E-state index is 12.1. The molecule has 0 aliphatic carbocycles. The molecule has 0 unspecified atom stereocenters.